The van der Waals surface area contributed by atoms with Gasteiger partial charge < -0.3 is 10.2 Å². The summed E-state index contributed by atoms with van der Waals surface area (Å²) in [6.07, 6.45) is 4.03. The van der Waals surface area contributed by atoms with E-state index < -0.39 is 0 Å². The predicted octanol–water partition coefficient (Wildman–Crippen LogP) is 0.379. The monoisotopic (exact) mass is 209 g/mol. The minimum absolute atomic E-state index is 0.637. The molecule has 0 aromatic carbocycles. The van der Waals surface area contributed by atoms with E-state index in [1.165, 1.54) is 32.5 Å². The maximum atomic E-state index is 4.09. The van der Waals surface area contributed by atoms with Gasteiger partial charge in [-0.1, -0.05) is 6.92 Å². The van der Waals surface area contributed by atoms with Crippen molar-refractivity contribution in [2.45, 2.75) is 32.4 Å². The number of piperidine rings is 1. The molecule has 15 heavy (non-hydrogen) atoms. The fraction of sp³-hybridized carbons (Fsp3) is 0.800. The van der Waals surface area contributed by atoms with Gasteiger partial charge in [-0.25, -0.2) is 4.98 Å². The smallest absolute Gasteiger partial charge is 0.138 e. The lowest BCUT2D eigenvalue weighted by atomic mass is 10.1. The molecule has 0 atom stereocenters. The van der Waals surface area contributed by atoms with Crippen LogP contribution in [0.2, 0.25) is 0 Å². The first-order chi connectivity index (χ1) is 7.38. The van der Waals surface area contributed by atoms with E-state index in [4.69, 9.17) is 0 Å². The highest BCUT2D eigenvalue weighted by Gasteiger charge is 2.17. The van der Waals surface area contributed by atoms with Crippen molar-refractivity contribution >= 4 is 0 Å². The van der Waals surface area contributed by atoms with Gasteiger partial charge in [0.1, 0.15) is 12.2 Å². The third-order valence-corrected chi connectivity index (χ3v) is 3.06. The van der Waals surface area contributed by atoms with Crippen molar-refractivity contribution in [3.05, 3.63) is 12.2 Å². The van der Waals surface area contributed by atoms with Gasteiger partial charge in [-0.05, 0) is 32.5 Å². The number of nitrogens with one attached hydrogen (secondary N) is 2. The second kappa shape index (κ2) is 5.23. The molecule has 0 saturated carbocycles. The average molecular weight is 209 g/mol. The molecule has 2 N–H and O–H groups in total. The summed E-state index contributed by atoms with van der Waals surface area (Å²) < 4.78 is 0. The maximum absolute atomic E-state index is 4.09. The Morgan fingerprint density at radius 3 is 2.93 bits per heavy atom. The summed E-state index contributed by atoms with van der Waals surface area (Å²) in [6.45, 7) is 6.63. The zero-order chi connectivity index (χ0) is 10.5. The van der Waals surface area contributed by atoms with E-state index in [0.29, 0.717) is 6.04 Å². The normalized spacial score (nSPS) is 19.5. The molecule has 5 nitrogen and oxygen atoms in total. The van der Waals surface area contributed by atoms with Crippen molar-refractivity contribution in [3.63, 3.8) is 0 Å². The van der Waals surface area contributed by atoms with Gasteiger partial charge in [0.25, 0.3) is 0 Å². The zero-order valence-corrected chi connectivity index (χ0v) is 9.24. The SMILES string of the molecule is CCN1CCC(NCc2ncn[nH]2)CC1. The molecule has 0 radical (unpaired) electrons. The molecule has 1 fully saturated rings. The molecule has 0 bridgehead atoms. The Morgan fingerprint density at radius 2 is 2.33 bits per heavy atom. The number of hydrogen-bond donors (Lipinski definition) is 2. The van der Waals surface area contributed by atoms with Crippen LogP contribution in [-0.2, 0) is 6.54 Å². The highest BCUT2D eigenvalue weighted by atomic mass is 15.2. The Labute approximate surface area is 90.3 Å². The number of aromatic nitrogens is 3. The summed E-state index contributed by atoms with van der Waals surface area (Å²) in [4.78, 5) is 6.58. The Kier molecular flexibility index (Phi) is 3.69. The van der Waals surface area contributed by atoms with Crippen molar-refractivity contribution in [2.75, 3.05) is 19.6 Å². The summed E-state index contributed by atoms with van der Waals surface area (Å²) >= 11 is 0. The molecule has 0 amide bonds. The van der Waals surface area contributed by atoms with E-state index in [-0.39, 0.29) is 0 Å². The lowest BCUT2D eigenvalue weighted by molar-refractivity contribution is 0.205. The second-order valence-electron chi connectivity index (χ2n) is 4.02. The Bertz CT molecular complexity index is 263. The van der Waals surface area contributed by atoms with Gasteiger partial charge in [0.15, 0.2) is 0 Å². The van der Waals surface area contributed by atoms with Crippen LogP contribution >= 0.6 is 0 Å². The van der Waals surface area contributed by atoms with E-state index >= 15 is 0 Å². The molecule has 84 valence electrons. The first-order valence-electron chi connectivity index (χ1n) is 5.68. The summed E-state index contributed by atoms with van der Waals surface area (Å²) in [6, 6.07) is 0.637. The molecule has 0 aliphatic carbocycles. The van der Waals surface area contributed by atoms with Crippen LogP contribution in [0.1, 0.15) is 25.6 Å². The van der Waals surface area contributed by atoms with Crippen LogP contribution in [0, 0.1) is 0 Å². The number of H-pyrrole nitrogens is 1. The molecule has 0 spiro atoms. The maximum Gasteiger partial charge on any atom is 0.138 e. The Morgan fingerprint density at radius 1 is 1.53 bits per heavy atom. The van der Waals surface area contributed by atoms with Gasteiger partial charge in [0.2, 0.25) is 0 Å². The van der Waals surface area contributed by atoms with Crippen LogP contribution in [0.3, 0.4) is 0 Å². The largest absolute Gasteiger partial charge is 0.307 e. The van der Waals surface area contributed by atoms with E-state index in [1.807, 2.05) is 0 Å². The minimum Gasteiger partial charge on any atom is -0.307 e. The molecule has 1 aliphatic heterocycles. The van der Waals surface area contributed by atoms with Gasteiger partial charge in [0, 0.05) is 6.04 Å². The summed E-state index contributed by atoms with van der Waals surface area (Å²) in [5, 5.41) is 10.2. The van der Waals surface area contributed by atoms with E-state index in [2.05, 4.69) is 32.3 Å². The number of aromatic amines is 1. The van der Waals surface area contributed by atoms with Crippen LogP contribution in [0.15, 0.2) is 6.33 Å². The molecule has 2 heterocycles. The van der Waals surface area contributed by atoms with Gasteiger partial charge in [-0.3, -0.25) is 5.10 Å². The van der Waals surface area contributed by atoms with Gasteiger partial charge in [-0.2, -0.15) is 5.10 Å². The zero-order valence-electron chi connectivity index (χ0n) is 9.24. The van der Waals surface area contributed by atoms with Crippen LogP contribution < -0.4 is 5.32 Å². The third-order valence-electron chi connectivity index (χ3n) is 3.06. The van der Waals surface area contributed by atoms with Crippen molar-refractivity contribution in [3.8, 4) is 0 Å². The van der Waals surface area contributed by atoms with Crippen LogP contribution in [0.5, 0.6) is 0 Å². The van der Waals surface area contributed by atoms with Crippen LogP contribution in [-0.4, -0.2) is 45.8 Å². The molecule has 2 rings (SSSR count). The average Bonchev–Trinajstić information content (AvgIpc) is 2.80. The lowest BCUT2D eigenvalue weighted by Gasteiger charge is -2.31. The van der Waals surface area contributed by atoms with Crippen LogP contribution in [0.4, 0.5) is 0 Å². The molecule has 1 aromatic heterocycles. The van der Waals surface area contributed by atoms with Crippen molar-refractivity contribution in [1.82, 2.24) is 25.4 Å². The fourth-order valence-electron chi connectivity index (χ4n) is 2.01. The van der Waals surface area contributed by atoms with Crippen molar-refractivity contribution < 1.29 is 0 Å². The molecular weight excluding hydrogens is 190 g/mol. The van der Waals surface area contributed by atoms with E-state index in [1.54, 1.807) is 6.33 Å². The first kappa shape index (κ1) is 10.6. The number of nitrogens with zero attached hydrogens (tertiary/aromatic N) is 3. The molecule has 0 unspecified atom stereocenters. The number of likely N-dealkylation sites (tertiary alicyclic amines) is 1. The molecule has 1 aliphatic rings. The highest BCUT2D eigenvalue weighted by molar-refractivity contribution is 4.82. The lowest BCUT2D eigenvalue weighted by Crippen LogP contribution is -2.42. The third kappa shape index (κ3) is 3.00. The summed E-state index contributed by atoms with van der Waals surface area (Å²) in [5.74, 6) is 0.924. The standard InChI is InChI=1S/C10H19N5/c1-2-15-5-3-9(4-6-15)11-7-10-12-8-13-14-10/h8-9,11H,2-7H2,1H3,(H,12,13,14). The van der Waals surface area contributed by atoms with Gasteiger partial charge in [0.05, 0.1) is 6.54 Å². The first-order valence-corrected chi connectivity index (χ1v) is 5.68. The fourth-order valence-corrected chi connectivity index (χ4v) is 2.01. The molecule has 1 aromatic rings. The number of rotatable bonds is 4. The summed E-state index contributed by atoms with van der Waals surface area (Å²) in [5.41, 5.74) is 0. The highest BCUT2D eigenvalue weighted by Crippen LogP contribution is 2.09. The quantitative estimate of drug-likeness (QED) is 0.752. The summed E-state index contributed by atoms with van der Waals surface area (Å²) in [7, 11) is 0. The second-order valence-corrected chi connectivity index (χ2v) is 4.02. The Balaban J connectivity index is 1.69. The van der Waals surface area contributed by atoms with Gasteiger partial charge >= 0.3 is 0 Å². The van der Waals surface area contributed by atoms with E-state index in [0.717, 1.165) is 12.4 Å². The Hall–Kier alpha value is -0.940. The van der Waals surface area contributed by atoms with Gasteiger partial charge in [-0.15, -0.1) is 0 Å². The number of hydrogen-bond acceptors (Lipinski definition) is 4. The topological polar surface area (TPSA) is 56.8 Å². The van der Waals surface area contributed by atoms with Crippen molar-refractivity contribution in [2.24, 2.45) is 0 Å². The predicted molar refractivity (Wildman–Crippen MR) is 58.4 cm³/mol. The van der Waals surface area contributed by atoms with Crippen LogP contribution in [0.25, 0.3) is 0 Å². The molecular formula is C10H19N5. The minimum atomic E-state index is 0.637. The molecule has 5 heteroatoms. The van der Waals surface area contributed by atoms with E-state index in [9.17, 15) is 0 Å². The molecule has 1 saturated heterocycles. The van der Waals surface area contributed by atoms with Crippen molar-refractivity contribution in [1.29, 1.82) is 0 Å².